The molecule has 5 heteroatoms. The number of hydrogen-bond acceptors (Lipinski definition) is 4. The van der Waals surface area contributed by atoms with E-state index in [2.05, 4.69) is 10.2 Å². The molecule has 0 aliphatic heterocycles. The molecule has 0 N–H and O–H groups in total. The van der Waals surface area contributed by atoms with Gasteiger partial charge in [0.1, 0.15) is 12.2 Å². The Morgan fingerprint density at radius 1 is 1.29 bits per heavy atom. The molecule has 112 valence electrons. The predicted molar refractivity (Wildman–Crippen MR) is 80.1 cm³/mol. The highest BCUT2D eigenvalue weighted by Crippen LogP contribution is 2.26. The van der Waals surface area contributed by atoms with Crippen molar-refractivity contribution in [3.63, 3.8) is 0 Å². The van der Waals surface area contributed by atoms with Crippen LogP contribution in [0.4, 0.5) is 0 Å². The fourth-order valence-corrected chi connectivity index (χ4v) is 2.23. The van der Waals surface area contributed by atoms with E-state index >= 15 is 0 Å². The summed E-state index contributed by atoms with van der Waals surface area (Å²) in [6.45, 7) is 8.22. The SMILES string of the molecule is CCOC(=O)C(c1ccc(C)cc1)c1nncn1C(C)C. The van der Waals surface area contributed by atoms with Crippen LogP contribution in [0.25, 0.3) is 0 Å². The third-order valence-corrected chi connectivity index (χ3v) is 3.35. The molecule has 5 nitrogen and oxygen atoms in total. The summed E-state index contributed by atoms with van der Waals surface area (Å²) in [6, 6.07) is 8.03. The van der Waals surface area contributed by atoms with Crippen LogP contribution >= 0.6 is 0 Å². The molecule has 0 fully saturated rings. The minimum Gasteiger partial charge on any atom is -0.465 e. The van der Waals surface area contributed by atoms with Crippen molar-refractivity contribution in [1.82, 2.24) is 14.8 Å². The van der Waals surface area contributed by atoms with Gasteiger partial charge in [-0.25, -0.2) is 0 Å². The molecule has 21 heavy (non-hydrogen) atoms. The van der Waals surface area contributed by atoms with Crippen molar-refractivity contribution in [3.8, 4) is 0 Å². The van der Waals surface area contributed by atoms with Crippen molar-refractivity contribution in [2.75, 3.05) is 6.61 Å². The Morgan fingerprint density at radius 2 is 1.95 bits per heavy atom. The average Bonchev–Trinajstić information content (AvgIpc) is 2.91. The highest BCUT2D eigenvalue weighted by molar-refractivity contribution is 5.81. The topological polar surface area (TPSA) is 57.0 Å². The van der Waals surface area contributed by atoms with Crippen LogP contribution in [0.5, 0.6) is 0 Å². The van der Waals surface area contributed by atoms with Gasteiger partial charge in [0.05, 0.1) is 6.61 Å². The zero-order valence-corrected chi connectivity index (χ0v) is 12.9. The Labute approximate surface area is 125 Å². The van der Waals surface area contributed by atoms with Crippen LogP contribution < -0.4 is 0 Å². The fraction of sp³-hybridized carbons (Fsp3) is 0.438. The summed E-state index contributed by atoms with van der Waals surface area (Å²) in [7, 11) is 0. The second-order valence-corrected chi connectivity index (χ2v) is 5.29. The summed E-state index contributed by atoms with van der Waals surface area (Å²) in [5, 5.41) is 8.11. The summed E-state index contributed by atoms with van der Waals surface area (Å²) in [5.74, 6) is -0.223. The summed E-state index contributed by atoms with van der Waals surface area (Å²) in [4.78, 5) is 12.4. The number of esters is 1. The molecule has 2 rings (SSSR count). The van der Waals surface area contributed by atoms with Crippen molar-refractivity contribution in [1.29, 1.82) is 0 Å². The van der Waals surface area contributed by atoms with Crippen molar-refractivity contribution in [2.24, 2.45) is 0 Å². The van der Waals surface area contributed by atoms with Crippen LogP contribution in [0.1, 0.15) is 49.7 Å². The first kappa shape index (κ1) is 15.2. The Hall–Kier alpha value is -2.17. The first-order valence-electron chi connectivity index (χ1n) is 7.17. The lowest BCUT2D eigenvalue weighted by Crippen LogP contribution is -2.22. The van der Waals surface area contributed by atoms with Crippen LogP contribution in [0.2, 0.25) is 0 Å². The molecule has 0 bridgehead atoms. The van der Waals surface area contributed by atoms with Gasteiger partial charge in [0.25, 0.3) is 0 Å². The molecule has 2 aromatic rings. The Kier molecular flexibility index (Phi) is 4.73. The van der Waals surface area contributed by atoms with Gasteiger partial charge < -0.3 is 9.30 Å². The number of carbonyl (C=O) groups is 1. The van der Waals surface area contributed by atoms with Crippen LogP contribution in [0, 0.1) is 6.92 Å². The Morgan fingerprint density at radius 3 is 2.52 bits per heavy atom. The molecular weight excluding hydrogens is 266 g/mol. The largest absolute Gasteiger partial charge is 0.465 e. The lowest BCUT2D eigenvalue weighted by Gasteiger charge is -2.18. The van der Waals surface area contributed by atoms with Crippen LogP contribution in [-0.2, 0) is 9.53 Å². The molecule has 0 aliphatic rings. The second-order valence-electron chi connectivity index (χ2n) is 5.29. The monoisotopic (exact) mass is 287 g/mol. The number of benzene rings is 1. The predicted octanol–water partition coefficient (Wildman–Crippen LogP) is 2.86. The fourth-order valence-electron chi connectivity index (χ4n) is 2.23. The zero-order valence-electron chi connectivity index (χ0n) is 12.9. The van der Waals surface area contributed by atoms with Crippen molar-refractivity contribution >= 4 is 5.97 Å². The van der Waals surface area contributed by atoms with Gasteiger partial charge in [-0.05, 0) is 33.3 Å². The summed E-state index contributed by atoms with van der Waals surface area (Å²) >= 11 is 0. The lowest BCUT2D eigenvalue weighted by molar-refractivity contribution is -0.144. The summed E-state index contributed by atoms with van der Waals surface area (Å²) in [5.41, 5.74) is 2.01. The summed E-state index contributed by atoms with van der Waals surface area (Å²) in [6.07, 6.45) is 1.65. The zero-order chi connectivity index (χ0) is 15.4. The quantitative estimate of drug-likeness (QED) is 0.793. The maximum Gasteiger partial charge on any atom is 0.321 e. The minimum atomic E-state index is -0.546. The number of hydrogen-bond donors (Lipinski definition) is 0. The van der Waals surface area contributed by atoms with Gasteiger partial charge in [-0.2, -0.15) is 0 Å². The third-order valence-electron chi connectivity index (χ3n) is 3.35. The van der Waals surface area contributed by atoms with E-state index in [4.69, 9.17) is 4.74 Å². The Bertz CT molecular complexity index is 602. The van der Waals surface area contributed by atoms with E-state index in [0.29, 0.717) is 12.4 Å². The summed E-state index contributed by atoms with van der Waals surface area (Å²) < 4.78 is 7.13. The normalized spacial score (nSPS) is 12.4. The van der Waals surface area contributed by atoms with Gasteiger partial charge in [0, 0.05) is 6.04 Å². The third kappa shape index (κ3) is 3.29. The van der Waals surface area contributed by atoms with Gasteiger partial charge >= 0.3 is 5.97 Å². The van der Waals surface area contributed by atoms with E-state index in [1.807, 2.05) is 49.6 Å². The number of carbonyl (C=O) groups excluding carboxylic acids is 1. The second kappa shape index (κ2) is 6.52. The molecule has 0 aliphatic carbocycles. The minimum absolute atomic E-state index is 0.178. The highest BCUT2D eigenvalue weighted by atomic mass is 16.5. The van der Waals surface area contributed by atoms with Gasteiger partial charge in [0.2, 0.25) is 0 Å². The Balaban J connectivity index is 2.48. The number of nitrogens with zero attached hydrogens (tertiary/aromatic N) is 3. The smallest absolute Gasteiger partial charge is 0.321 e. The van der Waals surface area contributed by atoms with E-state index in [1.54, 1.807) is 13.3 Å². The maximum absolute atomic E-state index is 12.4. The molecular formula is C16H21N3O2. The molecule has 0 spiro atoms. The first-order chi connectivity index (χ1) is 10.0. The lowest BCUT2D eigenvalue weighted by atomic mass is 9.97. The van der Waals surface area contributed by atoms with Crippen LogP contribution in [0.3, 0.4) is 0 Å². The standard InChI is InChI=1S/C16H21N3O2/c1-5-21-16(20)14(13-8-6-12(4)7-9-13)15-18-17-10-19(15)11(2)3/h6-11,14H,5H2,1-4H3. The molecule has 1 heterocycles. The van der Waals surface area contributed by atoms with E-state index < -0.39 is 5.92 Å². The molecule has 0 amide bonds. The number of rotatable bonds is 5. The number of ether oxygens (including phenoxy) is 1. The van der Waals surface area contributed by atoms with Gasteiger partial charge in [-0.15, -0.1) is 10.2 Å². The molecule has 0 radical (unpaired) electrons. The van der Waals surface area contributed by atoms with E-state index in [9.17, 15) is 4.79 Å². The number of aryl methyl sites for hydroxylation is 1. The van der Waals surface area contributed by atoms with E-state index in [-0.39, 0.29) is 12.0 Å². The molecule has 0 saturated heterocycles. The van der Waals surface area contributed by atoms with Crippen molar-refractivity contribution in [3.05, 3.63) is 47.5 Å². The molecule has 1 atom stereocenters. The van der Waals surface area contributed by atoms with Crippen molar-refractivity contribution in [2.45, 2.75) is 39.7 Å². The van der Waals surface area contributed by atoms with Gasteiger partial charge in [-0.3, -0.25) is 4.79 Å². The van der Waals surface area contributed by atoms with Crippen LogP contribution in [-0.4, -0.2) is 27.3 Å². The van der Waals surface area contributed by atoms with Crippen LogP contribution in [0.15, 0.2) is 30.6 Å². The molecule has 1 aromatic heterocycles. The maximum atomic E-state index is 12.4. The van der Waals surface area contributed by atoms with Gasteiger partial charge in [0.15, 0.2) is 5.82 Å². The van der Waals surface area contributed by atoms with Crippen molar-refractivity contribution < 1.29 is 9.53 Å². The van der Waals surface area contributed by atoms with Gasteiger partial charge in [-0.1, -0.05) is 29.8 Å². The molecule has 0 saturated carbocycles. The van der Waals surface area contributed by atoms with E-state index in [1.165, 1.54) is 0 Å². The number of aromatic nitrogens is 3. The first-order valence-corrected chi connectivity index (χ1v) is 7.17. The van der Waals surface area contributed by atoms with E-state index in [0.717, 1.165) is 11.1 Å². The average molecular weight is 287 g/mol. The highest BCUT2D eigenvalue weighted by Gasteiger charge is 2.29. The molecule has 1 unspecified atom stereocenters. The molecule has 1 aromatic carbocycles.